The molecule has 0 aliphatic carbocycles. The van der Waals surface area contributed by atoms with Gasteiger partial charge in [0.15, 0.2) is 0 Å². The van der Waals surface area contributed by atoms with Crippen LogP contribution in [0.2, 0.25) is 5.02 Å². The van der Waals surface area contributed by atoms with Crippen LogP contribution in [-0.4, -0.2) is 43.8 Å². The number of nitrogens with one attached hydrogen (secondary N) is 1. The Morgan fingerprint density at radius 3 is 2.11 bits per heavy atom. The molecule has 0 aromatic heterocycles. The third-order valence-electron chi connectivity index (χ3n) is 7.11. The minimum atomic E-state index is -4.31. The number of nitrogens with zero attached hydrogens (tertiary/aromatic N) is 2. The first-order chi connectivity index (χ1) is 21.0. The van der Waals surface area contributed by atoms with E-state index >= 15 is 0 Å². The first-order valence-corrected chi connectivity index (χ1v) is 16.0. The van der Waals surface area contributed by atoms with Crippen LogP contribution in [-0.2, 0) is 32.6 Å². The van der Waals surface area contributed by atoms with E-state index in [0.717, 1.165) is 27.1 Å². The number of amides is 2. The normalized spacial score (nSPS) is 12.0. The van der Waals surface area contributed by atoms with Gasteiger partial charge in [0.25, 0.3) is 10.0 Å². The van der Waals surface area contributed by atoms with Gasteiger partial charge in [-0.3, -0.25) is 13.9 Å². The number of sulfonamides is 1. The number of rotatable bonds is 12. The molecule has 0 spiro atoms. The minimum absolute atomic E-state index is 0.00989. The standard InChI is InChI=1S/C34H35ClFN3O4S/c1-24(2)37-34(41)32(20-26-13-6-4-7-14-26)38(22-27-15-11-10-12-25(27)3)33(40)23-39(28-18-19-31(36)30(35)21-28)44(42,43)29-16-8-5-9-17-29/h4-19,21,24,32H,20,22-23H2,1-3H3,(H,37,41). The molecule has 0 saturated heterocycles. The van der Waals surface area contributed by atoms with Gasteiger partial charge >= 0.3 is 0 Å². The Bertz CT molecular complexity index is 1700. The fourth-order valence-corrected chi connectivity index (χ4v) is 6.40. The Balaban J connectivity index is 1.82. The van der Waals surface area contributed by atoms with E-state index in [9.17, 15) is 22.4 Å². The molecule has 0 bridgehead atoms. The van der Waals surface area contributed by atoms with Crippen LogP contribution in [0.4, 0.5) is 10.1 Å². The maximum absolute atomic E-state index is 14.4. The van der Waals surface area contributed by atoms with Gasteiger partial charge in [-0.1, -0.05) is 84.4 Å². The van der Waals surface area contributed by atoms with Gasteiger partial charge in [0.1, 0.15) is 18.4 Å². The lowest BCUT2D eigenvalue weighted by molar-refractivity contribution is -0.140. The van der Waals surface area contributed by atoms with Gasteiger partial charge in [-0.2, -0.15) is 0 Å². The number of carbonyl (C=O) groups excluding carboxylic acids is 2. The molecule has 4 rings (SSSR count). The smallest absolute Gasteiger partial charge is 0.264 e. The van der Waals surface area contributed by atoms with E-state index in [1.54, 1.807) is 18.2 Å². The molecule has 4 aromatic rings. The second-order valence-electron chi connectivity index (χ2n) is 10.7. The Kier molecular flexibility index (Phi) is 10.8. The van der Waals surface area contributed by atoms with E-state index in [1.807, 2.05) is 75.4 Å². The average Bonchev–Trinajstić information content (AvgIpc) is 3.00. The van der Waals surface area contributed by atoms with E-state index in [-0.39, 0.29) is 40.5 Å². The molecule has 1 N–H and O–H groups in total. The van der Waals surface area contributed by atoms with Crippen LogP contribution >= 0.6 is 11.6 Å². The highest BCUT2D eigenvalue weighted by molar-refractivity contribution is 7.92. The van der Waals surface area contributed by atoms with Crippen molar-refractivity contribution >= 4 is 39.1 Å². The molecule has 1 unspecified atom stereocenters. The van der Waals surface area contributed by atoms with Crippen LogP contribution in [0.1, 0.15) is 30.5 Å². The molecule has 10 heteroatoms. The lowest BCUT2D eigenvalue weighted by Crippen LogP contribution is -2.54. The summed E-state index contributed by atoms with van der Waals surface area (Å²) < 4.78 is 43.0. The number of hydrogen-bond acceptors (Lipinski definition) is 4. The Hall–Kier alpha value is -4.21. The SMILES string of the molecule is Cc1ccccc1CN(C(=O)CN(c1ccc(F)c(Cl)c1)S(=O)(=O)c1ccccc1)C(Cc1ccccc1)C(=O)NC(C)C. The van der Waals surface area contributed by atoms with Gasteiger partial charge in [0.05, 0.1) is 15.6 Å². The summed E-state index contributed by atoms with van der Waals surface area (Å²) in [4.78, 5) is 29.5. The van der Waals surface area contributed by atoms with E-state index < -0.39 is 34.3 Å². The van der Waals surface area contributed by atoms with Crippen LogP contribution in [0.25, 0.3) is 0 Å². The lowest BCUT2D eigenvalue weighted by atomic mass is 10.0. The zero-order valence-corrected chi connectivity index (χ0v) is 26.4. The van der Waals surface area contributed by atoms with Crippen molar-refractivity contribution < 1.29 is 22.4 Å². The predicted molar refractivity (Wildman–Crippen MR) is 171 cm³/mol. The van der Waals surface area contributed by atoms with Crippen LogP contribution in [0.15, 0.2) is 108 Å². The summed E-state index contributed by atoms with van der Waals surface area (Å²) >= 11 is 6.06. The quantitative estimate of drug-likeness (QED) is 0.202. The molecule has 1 atom stereocenters. The van der Waals surface area contributed by atoms with Crippen LogP contribution in [0, 0.1) is 12.7 Å². The van der Waals surface area contributed by atoms with Crippen molar-refractivity contribution in [2.45, 2.75) is 50.7 Å². The third-order valence-corrected chi connectivity index (χ3v) is 9.18. The molecule has 2 amide bonds. The highest BCUT2D eigenvalue weighted by atomic mass is 35.5. The highest BCUT2D eigenvalue weighted by Crippen LogP contribution is 2.28. The van der Waals surface area contributed by atoms with Crippen molar-refractivity contribution in [2.75, 3.05) is 10.8 Å². The fourth-order valence-electron chi connectivity index (χ4n) is 4.79. The maximum Gasteiger partial charge on any atom is 0.264 e. The number of halogens is 2. The van der Waals surface area contributed by atoms with Crippen LogP contribution in [0.3, 0.4) is 0 Å². The Morgan fingerprint density at radius 2 is 1.50 bits per heavy atom. The Morgan fingerprint density at radius 1 is 0.886 bits per heavy atom. The van der Waals surface area contributed by atoms with Crippen LogP contribution < -0.4 is 9.62 Å². The maximum atomic E-state index is 14.4. The van der Waals surface area contributed by atoms with Crippen molar-refractivity contribution in [1.29, 1.82) is 0 Å². The fraction of sp³-hybridized carbons (Fsp3) is 0.235. The molecule has 230 valence electrons. The molecule has 4 aromatic carbocycles. The van der Waals surface area contributed by atoms with Gasteiger partial charge in [-0.25, -0.2) is 12.8 Å². The molecule has 44 heavy (non-hydrogen) atoms. The zero-order chi connectivity index (χ0) is 31.9. The summed E-state index contributed by atoms with van der Waals surface area (Å²) in [7, 11) is -4.31. The van der Waals surface area contributed by atoms with E-state index in [4.69, 9.17) is 11.6 Å². The Labute approximate surface area is 263 Å². The summed E-state index contributed by atoms with van der Waals surface area (Å²) in [5, 5.41) is 2.64. The third kappa shape index (κ3) is 8.03. The second-order valence-corrected chi connectivity index (χ2v) is 13.0. The summed E-state index contributed by atoms with van der Waals surface area (Å²) in [5.74, 6) is -1.71. The summed E-state index contributed by atoms with van der Waals surface area (Å²) in [5.41, 5.74) is 2.56. The molecule has 7 nitrogen and oxygen atoms in total. The predicted octanol–water partition coefficient (Wildman–Crippen LogP) is 6.15. The van der Waals surface area contributed by atoms with E-state index in [0.29, 0.717) is 0 Å². The van der Waals surface area contributed by atoms with E-state index in [2.05, 4.69) is 5.32 Å². The van der Waals surface area contributed by atoms with Crippen molar-refractivity contribution in [2.24, 2.45) is 0 Å². The molecule has 0 aliphatic rings. The number of carbonyl (C=O) groups is 2. The minimum Gasteiger partial charge on any atom is -0.352 e. The number of anilines is 1. The highest BCUT2D eigenvalue weighted by Gasteiger charge is 2.35. The van der Waals surface area contributed by atoms with Gasteiger partial charge in [0, 0.05) is 19.0 Å². The topological polar surface area (TPSA) is 86.8 Å². The summed E-state index contributed by atoms with van der Waals surface area (Å²) in [6, 6.07) is 26.8. The monoisotopic (exact) mass is 635 g/mol. The molecular weight excluding hydrogens is 601 g/mol. The van der Waals surface area contributed by atoms with Gasteiger partial charge in [-0.15, -0.1) is 0 Å². The summed E-state index contributed by atoms with van der Waals surface area (Å²) in [6.07, 6.45) is 0.199. The van der Waals surface area contributed by atoms with Crippen molar-refractivity contribution in [3.05, 3.63) is 131 Å². The van der Waals surface area contributed by atoms with Crippen LogP contribution in [0.5, 0.6) is 0 Å². The first-order valence-electron chi connectivity index (χ1n) is 14.2. The average molecular weight is 636 g/mol. The number of hydrogen-bond donors (Lipinski definition) is 1. The molecule has 0 aliphatic heterocycles. The molecule has 0 radical (unpaired) electrons. The zero-order valence-electron chi connectivity index (χ0n) is 24.8. The molecule has 0 fully saturated rings. The first kappa shape index (κ1) is 32.7. The molecular formula is C34H35ClFN3O4S. The van der Waals surface area contributed by atoms with Gasteiger partial charge in [0.2, 0.25) is 11.8 Å². The van der Waals surface area contributed by atoms with Crippen molar-refractivity contribution in [3.63, 3.8) is 0 Å². The lowest BCUT2D eigenvalue weighted by Gasteiger charge is -2.34. The van der Waals surface area contributed by atoms with Crippen molar-refractivity contribution in [3.8, 4) is 0 Å². The molecule has 0 saturated carbocycles. The molecule has 0 heterocycles. The van der Waals surface area contributed by atoms with Crippen molar-refractivity contribution in [1.82, 2.24) is 10.2 Å². The van der Waals surface area contributed by atoms with Gasteiger partial charge in [-0.05, 0) is 67.8 Å². The van der Waals surface area contributed by atoms with Gasteiger partial charge < -0.3 is 10.2 Å². The largest absolute Gasteiger partial charge is 0.352 e. The van der Waals surface area contributed by atoms with E-state index in [1.165, 1.54) is 29.2 Å². The number of benzene rings is 4. The second kappa shape index (κ2) is 14.5. The summed E-state index contributed by atoms with van der Waals surface area (Å²) in [6.45, 7) is 4.96. The number of aryl methyl sites for hydroxylation is 1.